The van der Waals surface area contributed by atoms with Gasteiger partial charge in [-0.3, -0.25) is 4.90 Å². The molecule has 1 aliphatic heterocycles. The van der Waals surface area contributed by atoms with Gasteiger partial charge in [0.05, 0.1) is 0 Å². The zero-order valence-corrected chi connectivity index (χ0v) is 13.3. The smallest absolute Gasteiger partial charge is 0.119 e. The number of β-amino-alcohol motifs (C(OH)–C–C–N with tert-alkyl or cyclic N) is 1. The largest absolute Gasteiger partial charge is 0.491 e. The van der Waals surface area contributed by atoms with Crippen LogP contribution in [0.5, 0.6) is 5.75 Å². The van der Waals surface area contributed by atoms with Crippen LogP contribution in [0.4, 0.5) is 0 Å². The summed E-state index contributed by atoms with van der Waals surface area (Å²) < 4.78 is 6.62. The van der Waals surface area contributed by atoms with E-state index in [0.717, 1.165) is 23.3 Å². The van der Waals surface area contributed by atoms with Crippen LogP contribution in [0.2, 0.25) is 0 Å². The zero-order valence-electron chi connectivity index (χ0n) is 10.9. The van der Waals surface area contributed by atoms with Gasteiger partial charge in [-0.25, -0.2) is 0 Å². The quantitative estimate of drug-likeness (QED) is 0.889. The Labute approximate surface area is 127 Å². The van der Waals surface area contributed by atoms with E-state index in [9.17, 15) is 5.11 Å². The highest BCUT2D eigenvalue weighted by Crippen LogP contribution is 2.16. The lowest BCUT2D eigenvalue weighted by Gasteiger charge is -2.22. The van der Waals surface area contributed by atoms with E-state index in [4.69, 9.17) is 4.74 Å². The molecule has 1 aromatic rings. The molecule has 1 aliphatic rings. The van der Waals surface area contributed by atoms with Gasteiger partial charge in [0.1, 0.15) is 18.5 Å². The third-order valence-electron chi connectivity index (χ3n) is 3.04. The Morgan fingerprint density at radius 2 is 2.05 bits per heavy atom. The average Bonchev–Trinajstić information content (AvgIpc) is 2.67. The summed E-state index contributed by atoms with van der Waals surface area (Å²) in [6.07, 6.45) is 0.789. The molecule has 0 amide bonds. The van der Waals surface area contributed by atoms with Gasteiger partial charge >= 0.3 is 0 Å². The topological polar surface area (TPSA) is 32.7 Å². The van der Waals surface area contributed by atoms with Crippen molar-refractivity contribution in [2.24, 2.45) is 0 Å². The van der Waals surface area contributed by atoms with E-state index >= 15 is 0 Å². The number of aliphatic hydroxyl groups is 1. The van der Waals surface area contributed by atoms with Gasteiger partial charge in [0, 0.05) is 23.3 Å². The van der Waals surface area contributed by atoms with E-state index in [1.165, 1.54) is 17.9 Å². The fraction of sp³-hybridized carbons (Fsp3) is 0.571. The molecule has 5 heteroatoms. The van der Waals surface area contributed by atoms with Gasteiger partial charge in [0.15, 0.2) is 0 Å². The number of ether oxygens (including phenoxy) is 1. The summed E-state index contributed by atoms with van der Waals surface area (Å²) in [5.74, 6) is 3.20. The maximum Gasteiger partial charge on any atom is 0.119 e. The molecular weight excluding hydrogens is 326 g/mol. The van der Waals surface area contributed by atoms with Crippen molar-refractivity contribution < 1.29 is 9.84 Å². The minimum Gasteiger partial charge on any atom is -0.491 e. The van der Waals surface area contributed by atoms with Crippen LogP contribution in [0.3, 0.4) is 0 Å². The number of rotatable bonds is 5. The first kappa shape index (κ1) is 15.2. The molecular formula is C14H20BrNO2S. The van der Waals surface area contributed by atoms with Gasteiger partial charge in [0.25, 0.3) is 0 Å². The molecule has 0 aromatic heterocycles. The van der Waals surface area contributed by atoms with Gasteiger partial charge in [-0.2, -0.15) is 11.8 Å². The summed E-state index contributed by atoms with van der Waals surface area (Å²) in [7, 11) is 0. The van der Waals surface area contributed by atoms with Crippen molar-refractivity contribution in [1.29, 1.82) is 0 Å². The minimum atomic E-state index is -0.424. The Morgan fingerprint density at radius 1 is 1.26 bits per heavy atom. The second kappa shape index (κ2) is 8.15. The van der Waals surface area contributed by atoms with Crippen molar-refractivity contribution in [1.82, 2.24) is 4.90 Å². The maximum atomic E-state index is 10.0. The Morgan fingerprint density at radius 3 is 2.84 bits per heavy atom. The van der Waals surface area contributed by atoms with Gasteiger partial charge in [-0.05, 0) is 43.0 Å². The van der Waals surface area contributed by atoms with Crippen molar-refractivity contribution >= 4 is 27.7 Å². The molecule has 0 aliphatic carbocycles. The van der Waals surface area contributed by atoms with Crippen molar-refractivity contribution in [3.05, 3.63) is 28.7 Å². The van der Waals surface area contributed by atoms with Crippen LogP contribution in [0.25, 0.3) is 0 Å². The molecule has 1 N–H and O–H groups in total. The standard InChI is InChI=1S/C14H20BrNO2S/c15-12-2-4-14(5-3-12)18-11-13(17)10-16-6-1-8-19-9-7-16/h2-5,13,17H,1,6-11H2. The third kappa shape index (κ3) is 5.73. The maximum absolute atomic E-state index is 10.0. The van der Waals surface area contributed by atoms with Crippen molar-refractivity contribution in [2.45, 2.75) is 12.5 Å². The fourth-order valence-electron chi connectivity index (χ4n) is 2.05. The highest BCUT2D eigenvalue weighted by atomic mass is 79.9. The Bertz CT molecular complexity index is 366. The summed E-state index contributed by atoms with van der Waals surface area (Å²) in [4.78, 5) is 2.33. The van der Waals surface area contributed by atoms with Crippen LogP contribution in [0, 0.1) is 0 Å². The second-order valence-electron chi connectivity index (χ2n) is 4.69. The number of benzene rings is 1. The molecule has 2 rings (SSSR count). The molecule has 0 spiro atoms. The molecule has 1 heterocycles. The molecule has 106 valence electrons. The Kier molecular flexibility index (Phi) is 6.50. The average molecular weight is 346 g/mol. The Hall–Kier alpha value is -0.230. The lowest BCUT2D eigenvalue weighted by molar-refractivity contribution is 0.0708. The highest BCUT2D eigenvalue weighted by Gasteiger charge is 2.14. The normalized spacial score (nSPS) is 18.8. The molecule has 1 aromatic carbocycles. The van der Waals surface area contributed by atoms with E-state index in [0.29, 0.717) is 13.2 Å². The predicted molar refractivity (Wildman–Crippen MR) is 84.0 cm³/mol. The van der Waals surface area contributed by atoms with Crippen molar-refractivity contribution in [3.63, 3.8) is 0 Å². The number of aliphatic hydroxyl groups excluding tert-OH is 1. The molecule has 0 radical (unpaired) electrons. The third-order valence-corrected chi connectivity index (χ3v) is 4.62. The summed E-state index contributed by atoms with van der Waals surface area (Å²) in [6.45, 7) is 3.21. The van der Waals surface area contributed by atoms with Crippen LogP contribution in [0.1, 0.15) is 6.42 Å². The minimum absolute atomic E-state index is 0.352. The van der Waals surface area contributed by atoms with Crippen LogP contribution >= 0.6 is 27.7 Å². The lowest BCUT2D eigenvalue weighted by Crippen LogP contribution is -2.36. The second-order valence-corrected chi connectivity index (χ2v) is 6.83. The molecule has 1 fully saturated rings. The van der Waals surface area contributed by atoms with E-state index in [1.807, 2.05) is 36.0 Å². The van der Waals surface area contributed by atoms with E-state index in [1.54, 1.807) is 0 Å². The number of hydrogen-bond acceptors (Lipinski definition) is 4. The van der Waals surface area contributed by atoms with Crippen LogP contribution in [-0.2, 0) is 0 Å². The number of halogens is 1. The molecule has 3 nitrogen and oxygen atoms in total. The van der Waals surface area contributed by atoms with Crippen molar-refractivity contribution in [3.8, 4) is 5.75 Å². The zero-order chi connectivity index (χ0) is 13.5. The summed E-state index contributed by atoms with van der Waals surface area (Å²) >= 11 is 5.38. The molecule has 1 saturated heterocycles. The molecule has 19 heavy (non-hydrogen) atoms. The summed E-state index contributed by atoms with van der Waals surface area (Å²) in [5.41, 5.74) is 0. The molecule has 0 saturated carbocycles. The van der Waals surface area contributed by atoms with Crippen molar-refractivity contribution in [2.75, 3.05) is 37.7 Å². The van der Waals surface area contributed by atoms with Crippen LogP contribution in [-0.4, -0.2) is 53.9 Å². The van der Waals surface area contributed by atoms with Gasteiger partial charge < -0.3 is 9.84 Å². The highest BCUT2D eigenvalue weighted by molar-refractivity contribution is 9.10. The fourth-order valence-corrected chi connectivity index (χ4v) is 3.24. The summed E-state index contributed by atoms with van der Waals surface area (Å²) in [5, 5.41) is 10.0. The molecule has 1 atom stereocenters. The van der Waals surface area contributed by atoms with E-state index in [2.05, 4.69) is 20.8 Å². The lowest BCUT2D eigenvalue weighted by atomic mass is 10.3. The van der Waals surface area contributed by atoms with Gasteiger partial charge in [0.2, 0.25) is 0 Å². The van der Waals surface area contributed by atoms with Gasteiger partial charge in [-0.15, -0.1) is 0 Å². The predicted octanol–water partition coefficient (Wildman–Crippen LogP) is 2.63. The van der Waals surface area contributed by atoms with Crippen LogP contribution < -0.4 is 4.74 Å². The number of hydrogen-bond donors (Lipinski definition) is 1. The van der Waals surface area contributed by atoms with Crippen LogP contribution in [0.15, 0.2) is 28.7 Å². The summed E-state index contributed by atoms with van der Waals surface area (Å²) in [6, 6.07) is 7.68. The first-order valence-corrected chi connectivity index (χ1v) is 8.55. The Balaban J connectivity index is 1.71. The first-order valence-electron chi connectivity index (χ1n) is 6.60. The SMILES string of the molecule is OC(COc1ccc(Br)cc1)CN1CCCSCC1. The van der Waals surface area contributed by atoms with E-state index < -0.39 is 6.10 Å². The number of thioether (sulfide) groups is 1. The molecule has 1 unspecified atom stereocenters. The van der Waals surface area contributed by atoms with Gasteiger partial charge in [-0.1, -0.05) is 15.9 Å². The monoisotopic (exact) mass is 345 g/mol. The van der Waals surface area contributed by atoms with E-state index in [-0.39, 0.29) is 0 Å². The first-order chi connectivity index (χ1) is 9.24. The number of nitrogens with zero attached hydrogens (tertiary/aromatic N) is 1. The molecule has 0 bridgehead atoms.